The molecule has 0 saturated carbocycles. The number of ether oxygens (including phenoxy) is 1. The summed E-state index contributed by atoms with van der Waals surface area (Å²) in [4.78, 5) is 23.1. The number of nitrogens with one attached hydrogen (secondary N) is 2. The third-order valence-electron chi connectivity index (χ3n) is 2.20. The Labute approximate surface area is 110 Å². The highest BCUT2D eigenvalue weighted by atomic mass is 35.5. The van der Waals surface area contributed by atoms with Crippen molar-refractivity contribution in [1.29, 1.82) is 0 Å². The Morgan fingerprint density at radius 3 is 2.72 bits per heavy atom. The van der Waals surface area contributed by atoms with Crippen LogP contribution in [0.5, 0.6) is 0 Å². The summed E-state index contributed by atoms with van der Waals surface area (Å²) >= 11 is 5.83. The van der Waals surface area contributed by atoms with Crippen molar-refractivity contribution in [1.82, 2.24) is 5.32 Å². The smallest absolute Gasteiger partial charge is 0.339 e. The van der Waals surface area contributed by atoms with E-state index in [0.29, 0.717) is 17.3 Å². The number of esters is 1. The van der Waals surface area contributed by atoms with Crippen LogP contribution in [-0.2, 0) is 9.53 Å². The summed E-state index contributed by atoms with van der Waals surface area (Å²) in [6, 6.07) is 4.59. The van der Waals surface area contributed by atoms with Crippen LogP contribution >= 0.6 is 11.6 Å². The van der Waals surface area contributed by atoms with E-state index in [1.165, 1.54) is 19.2 Å². The standard InChI is InChI=1S/C12H15ClN2O3/c1-3-14-7-11(16)15-10-6-8(13)4-5-9(10)12(17)18-2/h4-6,14H,3,7H2,1-2H3,(H,15,16). The Balaban J connectivity index is 2.88. The molecular weight excluding hydrogens is 256 g/mol. The van der Waals surface area contributed by atoms with Gasteiger partial charge in [-0.3, -0.25) is 4.79 Å². The topological polar surface area (TPSA) is 67.4 Å². The Hall–Kier alpha value is -1.59. The number of hydrogen-bond acceptors (Lipinski definition) is 4. The normalized spacial score (nSPS) is 9.94. The lowest BCUT2D eigenvalue weighted by Gasteiger charge is -2.10. The Bertz CT molecular complexity index is 449. The van der Waals surface area contributed by atoms with Gasteiger partial charge in [-0.2, -0.15) is 0 Å². The molecule has 1 aromatic rings. The average molecular weight is 271 g/mol. The molecule has 0 heterocycles. The van der Waals surface area contributed by atoms with Gasteiger partial charge >= 0.3 is 5.97 Å². The lowest BCUT2D eigenvalue weighted by Crippen LogP contribution is -2.28. The molecule has 0 aromatic heterocycles. The monoisotopic (exact) mass is 270 g/mol. The van der Waals surface area contributed by atoms with Crippen LogP contribution in [0.3, 0.4) is 0 Å². The molecule has 1 amide bonds. The zero-order valence-corrected chi connectivity index (χ0v) is 11.0. The zero-order valence-electron chi connectivity index (χ0n) is 10.2. The van der Waals surface area contributed by atoms with Crippen molar-refractivity contribution in [3.05, 3.63) is 28.8 Å². The van der Waals surface area contributed by atoms with Gasteiger partial charge in [-0.05, 0) is 24.7 Å². The lowest BCUT2D eigenvalue weighted by atomic mass is 10.2. The van der Waals surface area contributed by atoms with E-state index in [-0.39, 0.29) is 18.0 Å². The predicted octanol–water partition coefficient (Wildman–Crippen LogP) is 1.67. The fraction of sp³-hybridized carbons (Fsp3) is 0.333. The summed E-state index contributed by atoms with van der Waals surface area (Å²) < 4.78 is 4.63. The number of carbonyl (C=O) groups excluding carboxylic acids is 2. The van der Waals surface area contributed by atoms with Crippen LogP contribution in [0.15, 0.2) is 18.2 Å². The van der Waals surface area contributed by atoms with Crippen molar-refractivity contribution in [3.63, 3.8) is 0 Å². The van der Waals surface area contributed by atoms with Crippen LogP contribution in [0.2, 0.25) is 5.02 Å². The molecule has 0 atom stereocenters. The Morgan fingerprint density at radius 2 is 2.11 bits per heavy atom. The highest BCUT2D eigenvalue weighted by Crippen LogP contribution is 2.21. The summed E-state index contributed by atoms with van der Waals surface area (Å²) in [7, 11) is 1.28. The van der Waals surface area contributed by atoms with E-state index >= 15 is 0 Å². The molecule has 2 N–H and O–H groups in total. The minimum absolute atomic E-state index is 0.170. The molecule has 0 aliphatic heterocycles. The number of anilines is 1. The van der Waals surface area contributed by atoms with Crippen molar-refractivity contribution >= 4 is 29.2 Å². The molecule has 0 unspecified atom stereocenters. The number of likely N-dealkylation sites (N-methyl/N-ethyl adjacent to an activating group) is 1. The molecule has 98 valence electrons. The van der Waals surface area contributed by atoms with Gasteiger partial charge in [-0.15, -0.1) is 0 Å². The molecule has 0 aliphatic carbocycles. The number of hydrogen-bond donors (Lipinski definition) is 2. The molecule has 0 aliphatic rings. The van der Waals surface area contributed by atoms with Gasteiger partial charge in [0.25, 0.3) is 0 Å². The number of methoxy groups -OCH3 is 1. The largest absolute Gasteiger partial charge is 0.465 e. The van der Waals surface area contributed by atoms with E-state index in [1.54, 1.807) is 6.07 Å². The first kappa shape index (κ1) is 14.5. The molecule has 5 nitrogen and oxygen atoms in total. The minimum Gasteiger partial charge on any atom is -0.465 e. The predicted molar refractivity (Wildman–Crippen MR) is 70.0 cm³/mol. The van der Waals surface area contributed by atoms with Gasteiger partial charge in [0.1, 0.15) is 0 Å². The summed E-state index contributed by atoms with van der Waals surface area (Å²) in [5, 5.41) is 5.93. The number of halogens is 1. The van der Waals surface area contributed by atoms with E-state index in [1.807, 2.05) is 6.92 Å². The van der Waals surface area contributed by atoms with E-state index in [4.69, 9.17) is 11.6 Å². The molecule has 0 radical (unpaired) electrons. The maximum atomic E-state index is 11.6. The third kappa shape index (κ3) is 4.01. The maximum absolute atomic E-state index is 11.6. The highest BCUT2D eigenvalue weighted by Gasteiger charge is 2.14. The van der Waals surface area contributed by atoms with Crippen LogP contribution < -0.4 is 10.6 Å². The van der Waals surface area contributed by atoms with Crippen molar-refractivity contribution in [2.24, 2.45) is 0 Å². The second-order valence-electron chi connectivity index (χ2n) is 3.51. The molecule has 18 heavy (non-hydrogen) atoms. The summed E-state index contributed by atoms with van der Waals surface area (Å²) in [6.45, 7) is 2.75. The number of amides is 1. The van der Waals surface area contributed by atoms with Crippen LogP contribution in [0.1, 0.15) is 17.3 Å². The molecule has 0 fully saturated rings. The third-order valence-corrected chi connectivity index (χ3v) is 2.43. The van der Waals surface area contributed by atoms with Gasteiger partial charge in [-0.1, -0.05) is 18.5 Å². The first-order valence-corrected chi connectivity index (χ1v) is 5.84. The van der Waals surface area contributed by atoms with Crippen LogP contribution in [-0.4, -0.2) is 32.1 Å². The van der Waals surface area contributed by atoms with Crippen LogP contribution in [0.25, 0.3) is 0 Å². The number of carbonyl (C=O) groups is 2. The second kappa shape index (κ2) is 6.98. The Kier molecular flexibility index (Phi) is 5.61. The quantitative estimate of drug-likeness (QED) is 0.799. The van der Waals surface area contributed by atoms with E-state index in [0.717, 1.165) is 0 Å². The van der Waals surface area contributed by atoms with Gasteiger partial charge in [0.05, 0.1) is 24.9 Å². The molecule has 0 bridgehead atoms. The molecule has 0 saturated heterocycles. The number of rotatable bonds is 5. The highest BCUT2D eigenvalue weighted by molar-refractivity contribution is 6.31. The second-order valence-corrected chi connectivity index (χ2v) is 3.95. The lowest BCUT2D eigenvalue weighted by molar-refractivity contribution is -0.115. The molecule has 1 aromatic carbocycles. The van der Waals surface area contributed by atoms with Crippen molar-refractivity contribution in [3.8, 4) is 0 Å². The molecule has 0 spiro atoms. The van der Waals surface area contributed by atoms with Gasteiger partial charge in [0.2, 0.25) is 5.91 Å². The van der Waals surface area contributed by atoms with Crippen molar-refractivity contribution in [2.75, 3.05) is 25.5 Å². The van der Waals surface area contributed by atoms with Crippen LogP contribution in [0.4, 0.5) is 5.69 Å². The van der Waals surface area contributed by atoms with Gasteiger partial charge in [0.15, 0.2) is 0 Å². The average Bonchev–Trinajstić information content (AvgIpc) is 2.35. The summed E-state index contributed by atoms with van der Waals surface area (Å²) in [6.07, 6.45) is 0. The fourth-order valence-electron chi connectivity index (χ4n) is 1.34. The van der Waals surface area contributed by atoms with E-state index < -0.39 is 5.97 Å². The van der Waals surface area contributed by atoms with E-state index in [2.05, 4.69) is 15.4 Å². The fourth-order valence-corrected chi connectivity index (χ4v) is 1.51. The van der Waals surface area contributed by atoms with Crippen molar-refractivity contribution < 1.29 is 14.3 Å². The summed E-state index contributed by atoms with van der Waals surface area (Å²) in [5.41, 5.74) is 0.615. The minimum atomic E-state index is -0.523. The van der Waals surface area contributed by atoms with Gasteiger partial charge in [0, 0.05) is 5.02 Å². The first-order valence-electron chi connectivity index (χ1n) is 5.47. The van der Waals surface area contributed by atoms with Crippen molar-refractivity contribution in [2.45, 2.75) is 6.92 Å². The van der Waals surface area contributed by atoms with Gasteiger partial charge < -0.3 is 15.4 Å². The summed E-state index contributed by atoms with van der Waals surface area (Å²) in [5.74, 6) is -0.769. The Morgan fingerprint density at radius 1 is 1.39 bits per heavy atom. The SMILES string of the molecule is CCNCC(=O)Nc1cc(Cl)ccc1C(=O)OC. The molecule has 6 heteroatoms. The number of benzene rings is 1. The zero-order chi connectivity index (χ0) is 13.5. The first-order chi connectivity index (χ1) is 8.58. The van der Waals surface area contributed by atoms with Gasteiger partial charge in [-0.25, -0.2) is 4.79 Å². The van der Waals surface area contributed by atoms with Crippen LogP contribution in [0, 0.1) is 0 Å². The maximum Gasteiger partial charge on any atom is 0.339 e. The van der Waals surface area contributed by atoms with E-state index in [9.17, 15) is 9.59 Å². The molecular formula is C12H15ClN2O3. The molecule has 1 rings (SSSR count).